The van der Waals surface area contributed by atoms with E-state index in [0.29, 0.717) is 6.61 Å². The number of carbonyl (C=O) groups is 1. The molecule has 1 unspecified atom stereocenters. The summed E-state index contributed by atoms with van der Waals surface area (Å²) in [6.07, 6.45) is 3.25. The SMILES string of the molecule is CCCCCCOC(C)OC(N)=O. The molecule has 0 aliphatic rings. The minimum atomic E-state index is -0.791. The summed E-state index contributed by atoms with van der Waals surface area (Å²) in [7, 11) is 0. The van der Waals surface area contributed by atoms with Crippen molar-refractivity contribution in [2.24, 2.45) is 5.73 Å². The van der Waals surface area contributed by atoms with Crippen molar-refractivity contribution in [2.75, 3.05) is 6.61 Å². The van der Waals surface area contributed by atoms with Gasteiger partial charge in [0.05, 0.1) is 6.61 Å². The molecule has 1 amide bonds. The van der Waals surface area contributed by atoms with E-state index < -0.39 is 12.4 Å². The van der Waals surface area contributed by atoms with E-state index >= 15 is 0 Å². The summed E-state index contributed by atoms with van der Waals surface area (Å²) in [5.74, 6) is 0. The average Bonchev–Trinajstić information content (AvgIpc) is 2.02. The van der Waals surface area contributed by atoms with E-state index in [-0.39, 0.29) is 0 Å². The first-order valence-corrected chi connectivity index (χ1v) is 4.74. The number of nitrogens with two attached hydrogens (primary N) is 1. The maximum Gasteiger partial charge on any atom is 0.406 e. The monoisotopic (exact) mass is 189 g/mol. The van der Waals surface area contributed by atoms with Crippen molar-refractivity contribution in [3.63, 3.8) is 0 Å². The van der Waals surface area contributed by atoms with Crippen LogP contribution in [0, 0.1) is 0 Å². The van der Waals surface area contributed by atoms with Crippen LogP contribution in [0.3, 0.4) is 0 Å². The van der Waals surface area contributed by atoms with Gasteiger partial charge in [0.2, 0.25) is 6.29 Å². The number of unbranched alkanes of at least 4 members (excludes halogenated alkanes) is 3. The Morgan fingerprint density at radius 3 is 2.62 bits per heavy atom. The zero-order chi connectivity index (χ0) is 10.1. The summed E-state index contributed by atoms with van der Waals surface area (Å²) in [5, 5.41) is 0. The second-order valence-electron chi connectivity index (χ2n) is 2.94. The summed E-state index contributed by atoms with van der Waals surface area (Å²) in [6.45, 7) is 4.43. The topological polar surface area (TPSA) is 61.6 Å². The van der Waals surface area contributed by atoms with Gasteiger partial charge in [0.1, 0.15) is 0 Å². The highest BCUT2D eigenvalue weighted by atomic mass is 16.7. The smallest absolute Gasteiger partial charge is 0.406 e. The lowest BCUT2D eigenvalue weighted by molar-refractivity contribution is -0.0894. The molecule has 0 aromatic heterocycles. The Hall–Kier alpha value is -0.770. The first kappa shape index (κ1) is 12.2. The van der Waals surface area contributed by atoms with Gasteiger partial charge in [-0.1, -0.05) is 26.2 Å². The van der Waals surface area contributed by atoms with Crippen molar-refractivity contribution >= 4 is 6.09 Å². The number of amides is 1. The van der Waals surface area contributed by atoms with E-state index in [1.807, 2.05) is 0 Å². The molecule has 0 bridgehead atoms. The molecule has 0 fully saturated rings. The van der Waals surface area contributed by atoms with Crippen LogP contribution in [-0.2, 0) is 9.47 Å². The fourth-order valence-corrected chi connectivity index (χ4v) is 0.976. The van der Waals surface area contributed by atoms with Crippen LogP contribution >= 0.6 is 0 Å². The number of carbonyl (C=O) groups excluding carboxylic acids is 1. The quantitative estimate of drug-likeness (QED) is 0.492. The Morgan fingerprint density at radius 2 is 2.08 bits per heavy atom. The molecule has 1 atom stereocenters. The molecular formula is C9H19NO3. The third-order valence-electron chi connectivity index (χ3n) is 1.63. The zero-order valence-electron chi connectivity index (χ0n) is 8.41. The maximum atomic E-state index is 10.3. The van der Waals surface area contributed by atoms with Gasteiger partial charge in [0, 0.05) is 0 Å². The Kier molecular flexibility index (Phi) is 7.39. The molecule has 0 radical (unpaired) electrons. The molecule has 0 heterocycles. The molecule has 0 saturated carbocycles. The van der Waals surface area contributed by atoms with Crippen molar-refractivity contribution in [3.8, 4) is 0 Å². The first-order valence-electron chi connectivity index (χ1n) is 4.74. The zero-order valence-corrected chi connectivity index (χ0v) is 8.41. The van der Waals surface area contributed by atoms with Gasteiger partial charge in [-0.25, -0.2) is 4.79 Å². The molecule has 0 spiro atoms. The summed E-state index contributed by atoms with van der Waals surface area (Å²) in [6, 6.07) is 0. The molecule has 13 heavy (non-hydrogen) atoms. The highest BCUT2D eigenvalue weighted by Gasteiger charge is 2.04. The van der Waals surface area contributed by atoms with Crippen molar-refractivity contribution in [3.05, 3.63) is 0 Å². The third kappa shape index (κ3) is 9.14. The van der Waals surface area contributed by atoms with Gasteiger partial charge < -0.3 is 15.2 Å². The van der Waals surface area contributed by atoms with Gasteiger partial charge in [-0.3, -0.25) is 0 Å². The molecule has 0 aromatic carbocycles. The Labute approximate surface area is 79.4 Å². The molecule has 0 aromatic rings. The highest BCUT2D eigenvalue weighted by Crippen LogP contribution is 2.01. The van der Waals surface area contributed by atoms with E-state index in [1.165, 1.54) is 12.8 Å². The van der Waals surface area contributed by atoms with Gasteiger partial charge in [0.15, 0.2) is 0 Å². The Morgan fingerprint density at radius 1 is 1.38 bits per heavy atom. The number of primary amides is 1. The molecule has 0 rings (SSSR count). The van der Waals surface area contributed by atoms with E-state index in [1.54, 1.807) is 6.92 Å². The second-order valence-corrected chi connectivity index (χ2v) is 2.94. The molecule has 4 nitrogen and oxygen atoms in total. The predicted molar refractivity (Wildman–Crippen MR) is 50.2 cm³/mol. The molecule has 0 aliphatic carbocycles. The van der Waals surface area contributed by atoms with Crippen LogP contribution in [0.5, 0.6) is 0 Å². The minimum absolute atomic E-state index is 0.529. The summed E-state index contributed by atoms with van der Waals surface area (Å²) in [5.41, 5.74) is 4.80. The largest absolute Gasteiger partial charge is 0.420 e. The third-order valence-corrected chi connectivity index (χ3v) is 1.63. The van der Waals surface area contributed by atoms with Gasteiger partial charge in [-0.15, -0.1) is 0 Å². The lowest BCUT2D eigenvalue weighted by Crippen LogP contribution is -2.22. The van der Waals surface area contributed by atoms with Gasteiger partial charge in [-0.2, -0.15) is 0 Å². The van der Waals surface area contributed by atoms with Gasteiger partial charge in [0.25, 0.3) is 0 Å². The lowest BCUT2D eigenvalue weighted by atomic mass is 10.2. The predicted octanol–water partition coefficient (Wildman–Crippen LogP) is 2.02. The van der Waals surface area contributed by atoms with Crippen LogP contribution in [0.1, 0.15) is 39.5 Å². The van der Waals surface area contributed by atoms with Crippen LogP contribution in [0.2, 0.25) is 0 Å². The van der Waals surface area contributed by atoms with E-state index in [2.05, 4.69) is 11.7 Å². The number of ether oxygens (including phenoxy) is 2. The summed E-state index contributed by atoms with van der Waals surface area (Å²) < 4.78 is 9.75. The van der Waals surface area contributed by atoms with Crippen molar-refractivity contribution in [1.82, 2.24) is 0 Å². The van der Waals surface area contributed by atoms with Crippen LogP contribution < -0.4 is 5.73 Å². The number of hydrogen-bond donors (Lipinski definition) is 1. The van der Waals surface area contributed by atoms with E-state index in [9.17, 15) is 4.79 Å². The molecular weight excluding hydrogens is 170 g/mol. The normalized spacial score (nSPS) is 12.5. The van der Waals surface area contributed by atoms with Crippen LogP contribution in [-0.4, -0.2) is 19.0 Å². The summed E-state index contributed by atoms with van der Waals surface area (Å²) >= 11 is 0. The maximum absolute atomic E-state index is 10.3. The van der Waals surface area contributed by atoms with Gasteiger partial charge >= 0.3 is 6.09 Å². The highest BCUT2D eigenvalue weighted by molar-refractivity contribution is 5.64. The van der Waals surface area contributed by atoms with E-state index in [4.69, 9.17) is 10.5 Å². The van der Waals surface area contributed by atoms with Crippen molar-refractivity contribution in [2.45, 2.75) is 45.8 Å². The molecule has 2 N–H and O–H groups in total. The second kappa shape index (κ2) is 7.86. The Bertz CT molecular complexity index is 139. The van der Waals surface area contributed by atoms with Crippen molar-refractivity contribution in [1.29, 1.82) is 0 Å². The first-order chi connectivity index (χ1) is 6.16. The Balaban J connectivity index is 3.17. The minimum Gasteiger partial charge on any atom is -0.420 e. The van der Waals surface area contributed by atoms with Crippen molar-refractivity contribution < 1.29 is 14.3 Å². The van der Waals surface area contributed by atoms with Gasteiger partial charge in [-0.05, 0) is 13.3 Å². The van der Waals surface area contributed by atoms with E-state index in [0.717, 1.165) is 12.8 Å². The average molecular weight is 189 g/mol. The molecule has 4 heteroatoms. The van der Waals surface area contributed by atoms with Crippen LogP contribution in [0.4, 0.5) is 4.79 Å². The lowest BCUT2D eigenvalue weighted by Gasteiger charge is -2.11. The standard InChI is InChI=1S/C9H19NO3/c1-3-4-5-6-7-12-8(2)13-9(10)11/h8H,3-7H2,1-2H3,(H2,10,11). The van der Waals surface area contributed by atoms with Crippen LogP contribution in [0.15, 0.2) is 0 Å². The molecule has 0 saturated heterocycles. The number of hydrogen-bond acceptors (Lipinski definition) is 3. The molecule has 78 valence electrons. The number of rotatable bonds is 7. The molecule has 0 aliphatic heterocycles. The summed E-state index contributed by atoms with van der Waals surface area (Å²) in [4.78, 5) is 10.3. The fourth-order valence-electron chi connectivity index (χ4n) is 0.976. The van der Waals surface area contributed by atoms with Crippen LogP contribution in [0.25, 0.3) is 0 Å². The fraction of sp³-hybridized carbons (Fsp3) is 0.889.